The first-order valence-electron chi connectivity index (χ1n) is 7.20. The van der Waals surface area contributed by atoms with Gasteiger partial charge in [0.2, 0.25) is 0 Å². The molecule has 100 valence electrons. The fourth-order valence-electron chi connectivity index (χ4n) is 2.43. The SMILES string of the molecule is CC(C)COc1ccccc1CNC1CCCC1. The van der Waals surface area contributed by atoms with Crippen LogP contribution in [0.15, 0.2) is 24.3 Å². The van der Waals surface area contributed by atoms with Crippen molar-refractivity contribution >= 4 is 0 Å². The van der Waals surface area contributed by atoms with Gasteiger partial charge in [0.05, 0.1) is 6.61 Å². The molecule has 1 aromatic rings. The van der Waals surface area contributed by atoms with E-state index in [4.69, 9.17) is 4.74 Å². The number of hydrogen-bond donors (Lipinski definition) is 1. The minimum Gasteiger partial charge on any atom is -0.493 e. The molecule has 1 fully saturated rings. The molecule has 2 heteroatoms. The lowest BCUT2D eigenvalue weighted by Crippen LogP contribution is -2.25. The Hall–Kier alpha value is -1.02. The van der Waals surface area contributed by atoms with Crippen molar-refractivity contribution in [1.29, 1.82) is 0 Å². The van der Waals surface area contributed by atoms with Crippen molar-refractivity contribution in [3.05, 3.63) is 29.8 Å². The quantitative estimate of drug-likeness (QED) is 0.826. The molecule has 18 heavy (non-hydrogen) atoms. The van der Waals surface area contributed by atoms with Crippen LogP contribution in [0.4, 0.5) is 0 Å². The highest BCUT2D eigenvalue weighted by molar-refractivity contribution is 5.33. The summed E-state index contributed by atoms with van der Waals surface area (Å²) < 4.78 is 5.87. The molecule has 1 N–H and O–H groups in total. The lowest BCUT2D eigenvalue weighted by Gasteiger charge is -2.16. The summed E-state index contributed by atoms with van der Waals surface area (Å²) >= 11 is 0. The Morgan fingerprint density at radius 2 is 1.94 bits per heavy atom. The molecule has 1 aromatic carbocycles. The maximum absolute atomic E-state index is 5.87. The summed E-state index contributed by atoms with van der Waals surface area (Å²) in [6.07, 6.45) is 5.41. The van der Waals surface area contributed by atoms with E-state index in [1.54, 1.807) is 0 Å². The third-order valence-electron chi connectivity index (χ3n) is 3.48. The predicted octanol–water partition coefficient (Wildman–Crippen LogP) is 3.75. The van der Waals surface area contributed by atoms with Crippen molar-refractivity contribution in [2.45, 2.75) is 52.1 Å². The second-order valence-corrected chi connectivity index (χ2v) is 5.67. The summed E-state index contributed by atoms with van der Waals surface area (Å²) in [7, 11) is 0. The predicted molar refractivity (Wildman–Crippen MR) is 75.9 cm³/mol. The Balaban J connectivity index is 1.89. The summed E-state index contributed by atoms with van der Waals surface area (Å²) in [5.41, 5.74) is 1.28. The molecular weight excluding hydrogens is 222 g/mol. The normalized spacial score (nSPS) is 16.4. The first-order valence-corrected chi connectivity index (χ1v) is 7.20. The fraction of sp³-hybridized carbons (Fsp3) is 0.625. The third-order valence-corrected chi connectivity index (χ3v) is 3.48. The summed E-state index contributed by atoms with van der Waals surface area (Å²) in [6.45, 7) is 6.08. The minimum atomic E-state index is 0.570. The van der Waals surface area contributed by atoms with Gasteiger partial charge in [-0.2, -0.15) is 0 Å². The molecule has 1 aliphatic rings. The Morgan fingerprint density at radius 3 is 2.67 bits per heavy atom. The van der Waals surface area contributed by atoms with Crippen molar-refractivity contribution in [2.75, 3.05) is 6.61 Å². The second-order valence-electron chi connectivity index (χ2n) is 5.67. The van der Waals surface area contributed by atoms with Gasteiger partial charge >= 0.3 is 0 Å². The molecule has 0 atom stereocenters. The maximum atomic E-state index is 5.87. The molecule has 0 amide bonds. The molecule has 0 radical (unpaired) electrons. The lowest BCUT2D eigenvalue weighted by molar-refractivity contribution is 0.267. The first kappa shape index (κ1) is 13.4. The number of ether oxygens (including phenoxy) is 1. The zero-order valence-corrected chi connectivity index (χ0v) is 11.6. The highest BCUT2D eigenvalue weighted by Gasteiger charge is 2.14. The van der Waals surface area contributed by atoms with Gasteiger partial charge in [0.15, 0.2) is 0 Å². The summed E-state index contributed by atoms with van der Waals surface area (Å²) in [5, 5.41) is 3.65. The number of rotatable bonds is 6. The largest absolute Gasteiger partial charge is 0.493 e. The van der Waals surface area contributed by atoms with E-state index in [1.807, 2.05) is 0 Å². The Morgan fingerprint density at radius 1 is 1.22 bits per heavy atom. The average molecular weight is 247 g/mol. The van der Waals surface area contributed by atoms with Crippen LogP contribution in [-0.4, -0.2) is 12.6 Å². The van der Waals surface area contributed by atoms with Gasteiger partial charge in [0.1, 0.15) is 5.75 Å². The highest BCUT2D eigenvalue weighted by atomic mass is 16.5. The minimum absolute atomic E-state index is 0.570. The van der Waals surface area contributed by atoms with Crippen LogP contribution in [0.5, 0.6) is 5.75 Å². The molecule has 0 unspecified atom stereocenters. The summed E-state index contributed by atoms with van der Waals surface area (Å²) in [6, 6.07) is 9.09. The first-order chi connectivity index (χ1) is 8.75. The van der Waals surface area contributed by atoms with Crippen LogP contribution in [0.3, 0.4) is 0 Å². The van der Waals surface area contributed by atoms with Crippen LogP contribution in [0.2, 0.25) is 0 Å². The van der Waals surface area contributed by atoms with E-state index in [9.17, 15) is 0 Å². The van der Waals surface area contributed by atoms with E-state index in [0.717, 1.165) is 18.9 Å². The number of hydrogen-bond acceptors (Lipinski definition) is 2. The molecule has 2 rings (SSSR count). The highest BCUT2D eigenvalue weighted by Crippen LogP contribution is 2.21. The smallest absolute Gasteiger partial charge is 0.123 e. The van der Waals surface area contributed by atoms with Gasteiger partial charge in [-0.25, -0.2) is 0 Å². The van der Waals surface area contributed by atoms with Crippen molar-refractivity contribution in [1.82, 2.24) is 5.32 Å². The molecule has 0 bridgehead atoms. The molecule has 1 aliphatic carbocycles. The van der Waals surface area contributed by atoms with Crippen LogP contribution >= 0.6 is 0 Å². The molecular formula is C16H25NO. The van der Waals surface area contributed by atoms with Gasteiger partial charge in [0, 0.05) is 18.2 Å². The average Bonchev–Trinajstić information content (AvgIpc) is 2.88. The fourth-order valence-corrected chi connectivity index (χ4v) is 2.43. The van der Waals surface area contributed by atoms with Gasteiger partial charge in [-0.1, -0.05) is 44.9 Å². The number of nitrogens with one attached hydrogen (secondary N) is 1. The van der Waals surface area contributed by atoms with Gasteiger partial charge in [-0.3, -0.25) is 0 Å². The molecule has 2 nitrogen and oxygen atoms in total. The number of benzene rings is 1. The van der Waals surface area contributed by atoms with E-state index < -0.39 is 0 Å². The standard InChI is InChI=1S/C16H25NO/c1-13(2)12-18-16-10-6-3-7-14(16)11-17-15-8-4-5-9-15/h3,6-7,10,13,15,17H,4-5,8-9,11-12H2,1-2H3. The summed E-state index contributed by atoms with van der Waals surface area (Å²) in [5.74, 6) is 1.61. The van der Waals surface area contributed by atoms with Crippen molar-refractivity contribution < 1.29 is 4.74 Å². The Bertz CT molecular complexity index is 356. The summed E-state index contributed by atoms with van der Waals surface area (Å²) in [4.78, 5) is 0. The van der Waals surface area contributed by atoms with Crippen molar-refractivity contribution in [3.8, 4) is 5.75 Å². The van der Waals surface area contributed by atoms with Crippen molar-refractivity contribution in [3.63, 3.8) is 0 Å². The van der Waals surface area contributed by atoms with Crippen LogP contribution < -0.4 is 10.1 Å². The zero-order valence-electron chi connectivity index (χ0n) is 11.6. The lowest BCUT2D eigenvalue weighted by atomic mass is 10.1. The van der Waals surface area contributed by atoms with Crippen LogP contribution in [0, 0.1) is 5.92 Å². The second kappa shape index (κ2) is 6.79. The Labute approximate surface area is 111 Å². The van der Waals surface area contributed by atoms with Crippen LogP contribution in [0.1, 0.15) is 45.1 Å². The molecule has 0 aromatic heterocycles. The molecule has 0 saturated heterocycles. The van der Waals surface area contributed by atoms with E-state index in [2.05, 4.69) is 43.4 Å². The van der Waals surface area contributed by atoms with Gasteiger partial charge in [0.25, 0.3) is 0 Å². The van der Waals surface area contributed by atoms with Crippen LogP contribution in [0.25, 0.3) is 0 Å². The number of para-hydroxylation sites is 1. The molecule has 1 saturated carbocycles. The molecule has 0 heterocycles. The van der Waals surface area contributed by atoms with Crippen molar-refractivity contribution in [2.24, 2.45) is 5.92 Å². The van der Waals surface area contributed by atoms with Gasteiger partial charge in [-0.15, -0.1) is 0 Å². The van der Waals surface area contributed by atoms with Gasteiger partial charge in [-0.05, 0) is 24.8 Å². The monoisotopic (exact) mass is 247 g/mol. The third kappa shape index (κ3) is 4.02. The van der Waals surface area contributed by atoms with E-state index >= 15 is 0 Å². The van der Waals surface area contributed by atoms with Crippen LogP contribution in [-0.2, 0) is 6.54 Å². The maximum Gasteiger partial charge on any atom is 0.123 e. The Kier molecular flexibility index (Phi) is 5.06. The molecule has 0 spiro atoms. The molecule has 0 aliphatic heterocycles. The zero-order chi connectivity index (χ0) is 12.8. The topological polar surface area (TPSA) is 21.3 Å². The van der Waals surface area contributed by atoms with E-state index in [1.165, 1.54) is 31.2 Å². The van der Waals surface area contributed by atoms with E-state index in [0.29, 0.717) is 12.0 Å². The van der Waals surface area contributed by atoms with E-state index in [-0.39, 0.29) is 0 Å². The van der Waals surface area contributed by atoms with Gasteiger partial charge < -0.3 is 10.1 Å².